The highest BCUT2D eigenvalue weighted by Gasteiger charge is 2.06. The van der Waals surface area contributed by atoms with E-state index in [0.717, 1.165) is 16.8 Å². The Labute approximate surface area is 163 Å². The topological polar surface area (TPSA) is 59.6 Å². The number of hydrogen-bond acceptors (Lipinski definition) is 4. The molecule has 0 fully saturated rings. The molecule has 0 bridgehead atoms. The second kappa shape index (κ2) is 9.22. The Hall–Kier alpha value is -2.57. The lowest BCUT2D eigenvalue weighted by Gasteiger charge is -2.11. The molecule has 2 aromatic rings. The number of nitrogens with one attached hydrogen (secondary N) is 2. The number of anilines is 1. The first-order valence-corrected chi connectivity index (χ1v) is 8.50. The van der Waals surface area contributed by atoms with E-state index in [4.69, 9.17) is 33.3 Å². The SMILES string of the molecule is COc1ccc(C=CC(=O)NC(=S)Nc2cccc(Cl)c2C)cc1OC. The molecule has 7 heteroatoms. The van der Waals surface area contributed by atoms with Gasteiger partial charge in [0, 0.05) is 16.8 Å². The van der Waals surface area contributed by atoms with Crippen molar-refractivity contribution in [2.75, 3.05) is 19.5 Å². The molecule has 0 atom stereocenters. The van der Waals surface area contributed by atoms with Gasteiger partial charge >= 0.3 is 0 Å². The van der Waals surface area contributed by atoms with Gasteiger partial charge in [-0.25, -0.2) is 0 Å². The van der Waals surface area contributed by atoms with Crippen molar-refractivity contribution in [1.29, 1.82) is 0 Å². The Balaban J connectivity index is 1.98. The van der Waals surface area contributed by atoms with Gasteiger partial charge in [0.05, 0.1) is 14.2 Å². The number of rotatable bonds is 5. The molecule has 136 valence electrons. The molecule has 0 spiro atoms. The van der Waals surface area contributed by atoms with E-state index in [1.54, 1.807) is 44.6 Å². The van der Waals surface area contributed by atoms with Crippen molar-refractivity contribution in [2.24, 2.45) is 0 Å². The van der Waals surface area contributed by atoms with E-state index in [1.807, 2.05) is 19.1 Å². The van der Waals surface area contributed by atoms with Crippen molar-refractivity contribution < 1.29 is 14.3 Å². The third-order valence-electron chi connectivity index (χ3n) is 3.59. The minimum Gasteiger partial charge on any atom is -0.493 e. The summed E-state index contributed by atoms with van der Waals surface area (Å²) in [5, 5.41) is 6.36. The van der Waals surface area contributed by atoms with E-state index in [9.17, 15) is 4.79 Å². The van der Waals surface area contributed by atoms with Crippen LogP contribution in [0.3, 0.4) is 0 Å². The van der Waals surface area contributed by atoms with Crippen molar-refractivity contribution in [3.05, 3.63) is 58.6 Å². The Morgan fingerprint density at radius 2 is 1.88 bits per heavy atom. The molecule has 0 radical (unpaired) electrons. The van der Waals surface area contributed by atoms with Gasteiger partial charge in [-0.3, -0.25) is 10.1 Å². The van der Waals surface area contributed by atoms with Gasteiger partial charge in [-0.2, -0.15) is 0 Å². The van der Waals surface area contributed by atoms with Gasteiger partial charge in [0.25, 0.3) is 0 Å². The number of benzene rings is 2. The summed E-state index contributed by atoms with van der Waals surface area (Å²) in [5.41, 5.74) is 2.39. The molecule has 0 heterocycles. The van der Waals surface area contributed by atoms with Crippen molar-refractivity contribution in [3.8, 4) is 11.5 Å². The fourth-order valence-electron chi connectivity index (χ4n) is 2.18. The highest BCUT2D eigenvalue weighted by Crippen LogP contribution is 2.28. The molecule has 2 N–H and O–H groups in total. The van der Waals surface area contributed by atoms with E-state index in [0.29, 0.717) is 16.5 Å². The summed E-state index contributed by atoms with van der Waals surface area (Å²) in [6.07, 6.45) is 3.05. The van der Waals surface area contributed by atoms with E-state index in [2.05, 4.69) is 10.6 Å². The van der Waals surface area contributed by atoms with Gasteiger partial charge in [-0.1, -0.05) is 23.7 Å². The molecule has 0 aliphatic rings. The average Bonchev–Trinajstić information content (AvgIpc) is 2.63. The first kappa shape index (κ1) is 19.8. The molecule has 0 saturated carbocycles. The number of halogens is 1. The van der Waals surface area contributed by atoms with Gasteiger partial charge in [0.1, 0.15) is 0 Å². The number of hydrogen-bond donors (Lipinski definition) is 2. The van der Waals surface area contributed by atoms with Gasteiger partial charge in [-0.15, -0.1) is 0 Å². The lowest BCUT2D eigenvalue weighted by Crippen LogP contribution is -2.33. The summed E-state index contributed by atoms with van der Waals surface area (Å²) in [5.74, 6) is 0.858. The third-order valence-corrected chi connectivity index (χ3v) is 4.20. The Kier molecular flexibility index (Phi) is 7.00. The largest absolute Gasteiger partial charge is 0.493 e. The molecule has 0 aromatic heterocycles. The smallest absolute Gasteiger partial charge is 0.250 e. The number of thiocarbonyl (C=S) groups is 1. The third kappa shape index (κ3) is 5.21. The van der Waals surface area contributed by atoms with Crippen LogP contribution in [0.2, 0.25) is 5.02 Å². The zero-order valence-electron chi connectivity index (χ0n) is 14.6. The van der Waals surface area contributed by atoms with Crippen LogP contribution in [-0.2, 0) is 4.79 Å². The summed E-state index contributed by atoms with van der Waals surface area (Å²) in [4.78, 5) is 12.0. The number of methoxy groups -OCH3 is 2. The zero-order valence-corrected chi connectivity index (χ0v) is 16.2. The molecule has 0 saturated heterocycles. The maximum Gasteiger partial charge on any atom is 0.250 e. The maximum atomic E-state index is 12.0. The molecular weight excluding hydrogens is 372 g/mol. The lowest BCUT2D eigenvalue weighted by molar-refractivity contribution is -0.115. The van der Waals surface area contributed by atoms with Crippen LogP contribution in [0, 0.1) is 6.92 Å². The van der Waals surface area contributed by atoms with Crippen molar-refractivity contribution in [3.63, 3.8) is 0 Å². The van der Waals surface area contributed by atoms with Gasteiger partial charge < -0.3 is 14.8 Å². The van der Waals surface area contributed by atoms with Crippen LogP contribution in [0.25, 0.3) is 6.08 Å². The quantitative estimate of drug-likeness (QED) is 0.592. The van der Waals surface area contributed by atoms with Crippen molar-refractivity contribution in [1.82, 2.24) is 5.32 Å². The Bertz CT molecular complexity index is 853. The van der Waals surface area contributed by atoms with E-state index in [-0.39, 0.29) is 11.0 Å². The summed E-state index contributed by atoms with van der Waals surface area (Å²) < 4.78 is 10.4. The monoisotopic (exact) mass is 390 g/mol. The summed E-state index contributed by atoms with van der Waals surface area (Å²) in [7, 11) is 3.12. The predicted octanol–water partition coefficient (Wildman–Crippen LogP) is 4.19. The van der Waals surface area contributed by atoms with Crippen LogP contribution in [-0.4, -0.2) is 25.2 Å². The first-order valence-electron chi connectivity index (χ1n) is 7.71. The molecule has 2 rings (SSSR count). The van der Waals surface area contributed by atoms with E-state index in [1.165, 1.54) is 6.08 Å². The molecule has 0 aliphatic carbocycles. The normalized spacial score (nSPS) is 10.5. The van der Waals surface area contributed by atoms with Crippen LogP contribution in [0.4, 0.5) is 5.69 Å². The first-order chi connectivity index (χ1) is 12.4. The van der Waals surface area contributed by atoms with Crippen LogP contribution in [0.5, 0.6) is 11.5 Å². The maximum absolute atomic E-state index is 12.0. The molecule has 0 unspecified atom stereocenters. The lowest BCUT2D eigenvalue weighted by atomic mass is 10.2. The van der Waals surface area contributed by atoms with Crippen LogP contribution < -0.4 is 20.1 Å². The Morgan fingerprint density at radius 1 is 1.15 bits per heavy atom. The minimum absolute atomic E-state index is 0.192. The number of carbonyl (C=O) groups is 1. The van der Waals surface area contributed by atoms with Gasteiger partial charge in [0.2, 0.25) is 5.91 Å². The van der Waals surface area contributed by atoms with Crippen LogP contribution in [0.1, 0.15) is 11.1 Å². The van der Waals surface area contributed by atoms with E-state index >= 15 is 0 Å². The summed E-state index contributed by atoms with van der Waals surface area (Å²) >= 11 is 11.2. The summed E-state index contributed by atoms with van der Waals surface area (Å²) in [6.45, 7) is 1.87. The minimum atomic E-state index is -0.350. The summed E-state index contributed by atoms with van der Waals surface area (Å²) in [6, 6.07) is 10.8. The van der Waals surface area contributed by atoms with Crippen LogP contribution >= 0.6 is 23.8 Å². The van der Waals surface area contributed by atoms with Crippen molar-refractivity contribution >= 4 is 46.6 Å². The standard InChI is InChI=1S/C19H19ClN2O3S/c1-12-14(20)5-4-6-15(12)21-19(26)22-18(23)10-8-13-7-9-16(24-2)17(11-13)25-3/h4-11H,1-3H3,(H2,21,22,23,26). The second-order valence-electron chi connectivity index (χ2n) is 5.30. The highest BCUT2D eigenvalue weighted by molar-refractivity contribution is 7.80. The molecule has 26 heavy (non-hydrogen) atoms. The molecule has 5 nitrogen and oxygen atoms in total. The number of ether oxygens (including phenoxy) is 2. The zero-order chi connectivity index (χ0) is 19.1. The second-order valence-corrected chi connectivity index (χ2v) is 6.12. The van der Waals surface area contributed by atoms with Gasteiger partial charge in [-0.05, 0) is 60.6 Å². The molecular formula is C19H19ClN2O3S. The molecule has 0 aliphatic heterocycles. The Morgan fingerprint density at radius 3 is 2.58 bits per heavy atom. The number of carbonyl (C=O) groups excluding carboxylic acids is 1. The van der Waals surface area contributed by atoms with Gasteiger partial charge in [0.15, 0.2) is 16.6 Å². The molecule has 2 aromatic carbocycles. The average molecular weight is 391 g/mol. The highest BCUT2D eigenvalue weighted by atomic mass is 35.5. The fraction of sp³-hybridized carbons (Fsp3) is 0.158. The predicted molar refractivity (Wildman–Crippen MR) is 109 cm³/mol. The van der Waals surface area contributed by atoms with Crippen LogP contribution in [0.15, 0.2) is 42.5 Å². The molecule has 1 amide bonds. The van der Waals surface area contributed by atoms with Crippen molar-refractivity contribution in [2.45, 2.75) is 6.92 Å². The fourth-order valence-corrected chi connectivity index (χ4v) is 2.56. The van der Waals surface area contributed by atoms with E-state index < -0.39 is 0 Å². The number of amides is 1.